The molecule has 6 heteroatoms. The Bertz CT molecular complexity index is 916. The molecule has 0 aliphatic heterocycles. The van der Waals surface area contributed by atoms with Gasteiger partial charge in [0.1, 0.15) is 5.65 Å². The summed E-state index contributed by atoms with van der Waals surface area (Å²) in [4.78, 5) is 32.4. The van der Waals surface area contributed by atoms with E-state index in [2.05, 4.69) is 15.3 Å². The zero-order valence-corrected chi connectivity index (χ0v) is 13.4. The molecule has 0 spiro atoms. The Kier molecular flexibility index (Phi) is 3.93. The minimum atomic E-state index is -0.976. The number of ether oxygens (including phenoxy) is 1. The molecule has 2 N–H and O–H groups in total. The molecule has 1 aliphatic carbocycles. The summed E-state index contributed by atoms with van der Waals surface area (Å²) in [6, 6.07) is 12.6. The second-order valence-corrected chi connectivity index (χ2v) is 6.08. The molecular formula is C19H17N3O3. The summed E-state index contributed by atoms with van der Waals surface area (Å²) >= 11 is 0. The molecule has 1 fully saturated rings. The molecule has 1 saturated carbocycles. The third kappa shape index (κ3) is 3.24. The van der Waals surface area contributed by atoms with Gasteiger partial charge in [0.05, 0.1) is 5.56 Å². The lowest BCUT2D eigenvalue weighted by molar-refractivity contribution is -0.130. The maximum atomic E-state index is 12.7. The van der Waals surface area contributed by atoms with Crippen molar-refractivity contribution in [3.63, 3.8) is 0 Å². The number of pyridine rings is 1. The largest absolute Gasteiger partial charge is 0.444 e. The smallest absolute Gasteiger partial charge is 0.340 e. The Labute approximate surface area is 144 Å². The van der Waals surface area contributed by atoms with Gasteiger partial charge in [0.25, 0.3) is 5.91 Å². The highest BCUT2D eigenvalue weighted by Crippen LogP contribution is 2.25. The highest BCUT2D eigenvalue weighted by Gasteiger charge is 2.31. The van der Waals surface area contributed by atoms with E-state index in [1.165, 1.54) is 6.20 Å². The van der Waals surface area contributed by atoms with E-state index in [-0.39, 0.29) is 11.9 Å². The number of amides is 1. The number of esters is 1. The van der Waals surface area contributed by atoms with Crippen molar-refractivity contribution in [2.24, 2.45) is 0 Å². The summed E-state index contributed by atoms with van der Waals surface area (Å²) < 4.78 is 5.60. The molecule has 1 aliphatic rings. The van der Waals surface area contributed by atoms with Gasteiger partial charge < -0.3 is 15.0 Å². The normalized spacial score (nSPS) is 14.9. The topological polar surface area (TPSA) is 84.1 Å². The van der Waals surface area contributed by atoms with E-state index < -0.39 is 12.1 Å². The van der Waals surface area contributed by atoms with E-state index in [9.17, 15) is 9.59 Å². The maximum Gasteiger partial charge on any atom is 0.340 e. The number of rotatable bonds is 5. The van der Waals surface area contributed by atoms with Crippen molar-refractivity contribution in [1.82, 2.24) is 15.3 Å². The van der Waals surface area contributed by atoms with E-state index in [4.69, 9.17) is 4.74 Å². The third-order valence-electron chi connectivity index (χ3n) is 4.17. The first-order valence-electron chi connectivity index (χ1n) is 8.21. The third-order valence-corrected chi connectivity index (χ3v) is 4.17. The van der Waals surface area contributed by atoms with Crippen LogP contribution in [0.1, 0.15) is 34.9 Å². The molecule has 126 valence electrons. The van der Waals surface area contributed by atoms with Crippen molar-refractivity contribution in [3.8, 4) is 0 Å². The summed E-state index contributed by atoms with van der Waals surface area (Å²) in [5.74, 6) is -0.840. The fourth-order valence-electron chi connectivity index (χ4n) is 2.71. The Morgan fingerprint density at radius 2 is 1.96 bits per heavy atom. The van der Waals surface area contributed by atoms with Crippen molar-refractivity contribution in [2.75, 3.05) is 0 Å². The first-order valence-corrected chi connectivity index (χ1v) is 8.21. The minimum absolute atomic E-state index is 0.190. The molecule has 6 nitrogen and oxygen atoms in total. The van der Waals surface area contributed by atoms with E-state index in [1.54, 1.807) is 30.5 Å². The van der Waals surface area contributed by atoms with E-state index >= 15 is 0 Å². The van der Waals surface area contributed by atoms with Crippen LogP contribution in [0.5, 0.6) is 0 Å². The van der Waals surface area contributed by atoms with Crippen molar-refractivity contribution >= 4 is 22.9 Å². The number of hydrogen-bond acceptors (Lipinski definition) is 4. The molecule has 1 atom stereocenters. The SMILES string of the molecule is O=C(OC(C(=O)NC1CC1)c1ccccc1)c1ccnc2[nH]ccc12. The first-order chi connectivity index (χ1) is 12.2. The van der Waals surface area contributed by atoms with Gasteiger partial charge in [-0.2, -0.15) is 0 Å². The number of carbonyl (C=O) groups excluding carboxylic acids is 2. The number of hydrogen-bond donors (Lipinski definition) is 2. The average Bonchev–Trinajstić information content (AvgIpc) is 3.32. The first kappa shape index (κ1) is 15.4. The standard InChI is InChI=1S/C19H17N3O3/c23-18(22-13-6-7-13)16(12-4-2-1-3-5-12)25-19(24)15-9-11-21-17-14(15)8-10-20-17/h1-5,8-11,13,16H,6-7H2,(H,20,21)(H,22,23). The number of aromatic nitrogens is 2. The van der Waals surface area contributed by atoms with Gasteiger partial charge in [0, 0.05) is 29.4 Å². The highest BCUT2D eigenvalue weighted by atomic mass is 16.5. The van der Waals surface area contributed by atoms with Crippen molar-refractivity contribution < 1.29 is 14.3 Å². The summed E-state index contributed by atoms with van der Waals surface area (Å²) in [6.45, 7) is 0. The van der Waals surface area contributed by atoms with Crippen LogP contribution in [-0.4, -0.2) is 27.9 Å². The van der Waals surface area contributed by atoms with Crippen LogP contribution in [0.2, 0.25) is 0 Å². The van der Waals surface area contributed by atoms with Gasteiger partial charge in [-0.1, -0.05) is 30.3 Å². The summed E-state index contributed by atoms with van der Waals surface area (Å²) in [6.07, 6.45) is 4.21. The molecule has 1 amide bonds. The number of benzene rings is 1. The molecular weight excluding hydrogens is 318 g/mol. The van der Waals surface area contributed by atoms with E-state index in [0.717, 1.165) is 12.8 Å². The lowest BCUT2D eigenvalue weighted by Crippen LogP contribution is -2.33. The second kappa shape index (κ2) is 6.39. The molecule has 1 aromatic carbocycles. The van der Waals surface area contributed by atoms with Gasteiger partial charge in [0.15, 0.2) is 0 Å². The van der Waals surface area contributed by atoms with Crippen LogP contribution in [0, 0.1) is 0 Å². The number of fused-ring (bicyclic) bond motifs is 1. The predicted molar refractivity (Wildman–Crippen MR) is 91.9 cm³/mol. The van der Waals surface area contributed by atoms with Crippen molar-refractivity contribution in [3.05, 3.63) is 66.0 Å². The van der Waals surface area contributed by atoms with Gasteiger partial charge >= 0.3 is 5.97 Å². The van der Waals surface area contributed by atoms with Gasteiger partial charge in [0.2, 0.25) is 6.10 Å². The Morgan fingerprint density at radius 1 is 1.16 bits per heavy atom. The van der Waals surface area contributed by atoms with Gasteiger partial charge in [-0.25, -0.2) is 9.78 Å². The van der Waals surface area contributed by atoms with Crippen LogP contribution >= 0.6 is 0 Å². The fraction of sp³-hybridized carbons (Fsp3) is 0.211. The van der Waals surface area contributed by atoms with Crippen LogP contribution in [-0.2, 0) is 9.53 Å². The predicted octanol–water partition coefficient (Wildman–Crippen LogP) is 2.74. The number of aromatic amines is 1. The van der Waals surface area contributed by atoms with Crippen LogP contribution < -0.4 is 5.32 Å². The number of nitrogens with one attached hydrogen (secondary N) is 2. The Morgan fingerprint density at radius 3 is 2.72 bits per heavy atom. The molecule has 0 bridgehead atoms. The van der Waals surface area contributed by atoms with Gasteiger partial charge in [-0.3, -0.25) is 4.79 Å². The van der Waals surface area contributed by atoms with E-state index in [1.807, 2.05) is 18.2 Å². The monoisotopic (exact) mass is 335 g/mol. The van der Waals surface area contributed by atoms with Crippen molar-refractivity contribution in [1.29, 1.82) is 0 Å². The quantitative estimate of drug-likeness (QED) is 0.702. The van der Waals surface area contributed by atoms with Gasteiger partial charge in [-0.15, -0.1) is 0 Å². The molecule has 25 heavy (non-hydrogen) atoms. The summed E-state index contributed by atoms with van der Waals surface area (Å²) in [5.41, 5.74) is 1.63. The Hall–Kier alpha value is -3.15. The molecule has 3 aromatic rings. The number of carbonyl (C=O) groups is 2. The minimum Gasteiger partial charge on any atom is -0.444 e. The molecule has 0 saturated heterocycles. The zero-order valence-electron chi connectivity index (χ0n) is 13.4. The Balaban J connectivity index is 1.62. The van der Waals surface area contributed by atoms with Crippen LogP contribution in [0.3, 0.4) is 0 Å². The highest BCUT2D eigenvalue weighted by molar-refractivity contribution is 6.03. The number of H-pyrrole nitrogens is 1. The fourth-order valence-corrected chi connectivity index (χ4v) is 2.71. The van der Waals surface area contributed by atoms with Gasteiger partial charge in [-0.05, 0) is 25.0 Å². The zero-order chi connectivity index (χ0) is 17.2. The lowest BCUT2D eigenvalue weighted by atomic mass is 10.1. The van der Waals surface area contributed by atoms with Crippen LogP contribution in [0.4, 0.5) is 0 Å². The summed E-state index contributed by atoms with van der Waals surface area (Å²) in [5, 5.41) is 3.58. The molecule has 2 aromatic heterocycles. The van der Waals surface area contributed by atoms with E-state index in [0.29, 0.717) is 22.2 Å². The molecule has 1 unspecified atom stereocenters. The second-order valence-electron chi connectivity index (χ2n) is 6.08. The van der Waals surface area contributed by atoms with Crippen LogP contribution in [0.25, 0.3) is 11.0 Å². The molecule has 0 radical (unpaired) electrons. The molecule has 2 heterocycles. The number of nitrogens with zero attached hydrogens (tertiary/aromatic N) is 1. The van der Waals surface area contributed by atoms with Crippen LogP contribution in [0.15, 0.2) is 54.9 Å². The summed E-state index contributed by atoms with van der Waals surface area (Å²) in [7, 11) is 0. The maximum absolute atomic E-state index is 12.7. The molecule has 4 rings (SSSR count). The van der Waals surface area contributed by atoms with Crippen molar-refractivity contribution in [2.45, 2.75) is 25.0 Å². The average molecular weight is 335 g/mol. The lowest BCUT2D eigenvalue weighted by Gasteiger charge is -2.18.